The Labute approximate surface area is 203 Å². The van der Waals surface area contributed by atoms with Gasteiger partial charge in [-0.25, -0.2) is 9.37 Å². The predicted molar refractivity (Wildman–Crippen MR) is 135 cm³/mol. The van der Waals surface area contributed by atoms with Gasteiger partial charge in [0.05, 0.1) is 44.9 Å². The van der Waals surface area contributed by atoms with Crippen LogP contribution in [0.4, 0.5) is 15.8 Å². The number of hydrogen-bond acceptors (Lipinski definition) is 5. The minimum atomic E-state index is -0.972. The summed E-state index contributed by atoms with van der Waals surface area (Å²) < 4.78 is 17.7. The second-order valence-electron chi connectivity index (χ2n) is 9.17. The molecular weight excluding hydrogens is 453 g/mol. The third-order valence-electron chi connectivity index (χ3n) is 6.44. The number of halogens is 2. The van der Waals surface area contributed by atoms with Crippen molar-refractivity contribution >= 4 is 34.0 Å². The summed E-state index contributed by atoms with van der Waals surface area (Å²) in [6.45, 7) is 6.22. The molecule has 5 rings (SSSR count). The maximum Gasteiger partial charge on any atom is 0.158 e. The molecule has 1 saturated heterocycles. The zero-order valence-corrected chi connectivity index (χ0v) is 20.2. The van der Waals surface area contributed by atoms with E-state index >= 15 is 4.39 Å². The van der Waals surface area contributed by atoms with Gasteiger partial charge in [-0.2, -0.15) is 0 Å². The molecule has 2 aromatic heterocycles. The van der Waals surface area contributed by atoms with Crippen LogP contribution in [-0.4, -0.2) is 45.8 Å². The number of aliphatic hydroxyl groups is 1. The van der Waals surface area contributed by atoms with E-state index in [0.717, 1.165) is 29.8 Å². The number of hydrogen-bond donors (Lipinski definition) is 1. The number of piperazine rings is 1. The van der Waals surface area contributed by atoms with Crippen LogP contribution >= 0.6 is 11.6 Å². The Bertz CT molecular complexity index is 1340. The Kier molecular flexibility index (Phi) is 5.70. The van der Waals surface area contributed by atoms with Crippen LogP contribution in [0.1, 0.15) is 19.5 Å². The molecule has 0 unspecified atom stereocenters. The van der Waals surface area contributed by atoms with Crippen molar-refractivity contribution in [3.8, 4) is 11.4 Å². The number of rotatable bonds is 4. The van der Waals surface area contributed by atoms with Crippen molar-refractivity contribution in [2.45, 2.75) is 19.4 Å². The van der Waals surface area contributed by atoms with E-state index in [0.29, 0.717) is 40.9 Å². The molecule has 1 aliphatic heterocycles. The largest absolute Gasteiger partial charge is 0.384 e. The van der Waals surface area contributed by atoms with E-state index in [1.165, 1.54) is 0 Å². The van der Waals surface area contributed by atoms with Gasteiger partial charge in [-0.1, -0.05) is 23.7 Å². The highest BCUT2D eigenvalue weighted by Gasteiger charge is 2.25. The van der Waals surface area contributed by atoms with E-state index in [2.05, 4.69) is 14.9 Å². The SMILES string of the molecule is Cn1c(-c2c(Cl)ccc(N3CCN(c4ccc(C(C)(C)O)nc4)CC3)c2F)nc2ccccc21. The van der Waals surface area contributed by atoms with Crippen LogP contribution in [0.15, 0.2) is 54.7 Å². The Morgan fingerprint density at radius 1 is 0.971 bits per heavy atom. The Morgan fingerprint density at radius 3 is 2.32 bits per heavy atom. The second-order valence-corrected chi connectivity index (χ2v) is 9.58. The summed E-state index contributed by atoms with van der Waals surface area (Å²) in [6.07, 6.45) is 1.79. The summed E-state index contributed by atoms with van der Waals surface area (Å²) in [5.41, 5.74) is 3.24. The molecule has 0 aliphatic carbocycles. The van der Waals surface area contributed by atoms with Crippen LogP contribution in [0, 0.1) is 5.82 Å². The number of nitrogens with zero attached hydrogens (tertiary/aromatic N) is 5. The molecule has 176 valence electrons. The van der Waals surface area contributed by atoms with Gasteiger partial charge < -0.3 is 19.5 Å². The molecule has 1 fully saturated rings. The van der Waals surface area contributed by atoms with Crippen LogP contribution in [0.25, 0.3) is 22.4 Å². The predicted octanol–water partition coefficient (Wildman–Crippen LogP) is 4.98. The number of benzene rings is 2. The Morgan fingerprint density at radius 2 is 1.68 bits per heavy atom. The van der Waals surface area contributed by atoms with Gasteiger partial charge in [0, 0.05) is 33.2 Å². The van der Waals surface area contributed by atoms with Crippen LogP contribution in [0.3, 0.4) is 0 Å². The summed E-state index contributed by atoms with van der Waals surface area (Å²) >= 11 is 6.48. The van der Waals surface area contributed by atoms with Crippen molar-refractivity contribution in [3.63, 3.8) is 0 Å². The Balaban J connectivity index is 1.39. The second kappa shape index (κ2) is 8.56. The number of pyridine rings is 1. The zero-order chi connectivity index (χ0) is 24.0. The molecule has 0 saturated carbocycles. The van der Waals surface area contributed by atoms with E-state index in [-0.39, 0.29) is 5.82 Å². The number of para-hydroxylation sites is 2. The van der Waals surface area contributed by atoms with Gasteiger partial charge in [-0.3, -0.25) is 4.98 Å². The highest BCUT2D eigenvalue weighted by Crippen LogP contribution is 2.37. The zero-order valence-electron chi connectivity index (χ0n) is 19.5. The first-order chi connectivity index (χ1) is 16.2. The van der Waals surface area contributed by atoms with Gasteiger partial charge >= 0.3 is 0 Å². The first-order valence-electron chi connectivity index (χ1n) is 11.3. The van der Waals surface area contributed by atoms with Crippen molar-refractivity contribution in [2.75, 3.05) is 36.0 Å². The van der Waals surface area contributed by atoms with Crippen LogP contribution < -0.4 is 9.80 Å². The number of anilines is 2. The Hall–Kier alpha value is -3.16. The molecule has 0 spiro atoms. The maximum atomic E-state index is 15.9. The van der Waals surface area contributed by atoms with Crippen molar-refractivity contribution in [2.24, 2.45) is 7.05 Å². The summed E-state index contributed by atoms with van der Waals surface area (Å²) in [6, 6.07) is 15.1. The van der Waals surface area contributed by atoms with E-state index in [1.54, 1.807) is 32.2 Å². The van der Waals surface area contributed by atoms with Gasteiger partial charge in [0.1, 0.15) is 11.4 Å². The quantitative estimate of drug-likeness (QED) is 0.447. The summed E-state index contributed by atoms with van der Waals surface area (Å²) in [5, 5.41) is 10.5. The lowest BCUT2D eigenvalue weighted by atomic mass is 10.0. The normalized spacial score (nSPS) is 14.8. The molecule has 0 radical (unpaired) electrons. The van der Waals surface area contributed by atoms with Crippen molar-refractivity contribution < 1.29 is 9.50 Å². The molecular formula is C26H27ClFN5O. The molecule has 6 nitrogen and oxygen atoms in total. The topological polar surface area (TPSA) is 57.4 Å². The molecule has 2 aromatic carbocycles. The molecule has 1 aliphatic rings. The third-order valence-corrected chi connectivity index (χ3v) is 6.76. The highest BCUT2D eigenvalue weighted by molar-refractivity contribution is 6.33. The van der Waals surface area contributed by atoms with Gasteiger partial charge in [0.25, 0.3) is 0 Å². The van der Waals surface area contributed by atoms with Crippen LogP contribution in [0.5, 0.6) is 0 Å². The number of aromatic nitrogens is 3. The molecule has 8 heteroatoms. The smallest absolute Gasteiger partial charge is 0.158 e. The van der Waals surface area contributed by atoms with E-state index in [4.69, 9.17) is 11.6 Å². The van der Waals surface area contributed by atoms with Gasteiger partial charge in [-0.05, 0) is 50.2 Å². The molecule has 0 bridgehead atoms. The summed E-state index contributed by atoms with van der Waals surface area (Å²) in [5.74, 6) is 0.165. The standard InChI is InChI=1S/C26H27ClFN5O/c1-26(2,34)22-11-8-17(16-29-22)32-12-14-33(15-13-32)21-10-9-18(27)23(24(21)28)25-30-19-6-4-5-7-20(19)31(25)3/h4-11,16,34H,12-15H2,1-3H3. The van der Waals surface area contributed by atoms with Gasteiger partial charge in [0.2, 0.25) is 0 Å². The lowest BCUT2D eigenvalue weighted by Gasteiger charge is -2.37. The van der Waals surface area contributed by atoms with Crippen molar-refractivity contribution in [3.05, 3.63) is 71.3 Å². The summed E-state index contributed by atoms with van der Waals surface area (Å²) in [4.78, 5) is 13.3. The molecule has 4 aromatic rings. The van der Waals surface area contributed by atoms with E-state index < -0.39 is 5.60 Å². The van der Waals surface area contributed by atoms with E-state index in [1.807, 2.05) is 52.9 Å². The number of fused-ring (bicyclic) bond motifs is 1. The number of aryl methyl sites for hydroxylation is 1. The third kappa shape index (κ3) is 3.99. The average molecular weight is 480 g/mol. The monoisotopic (exact) mass is 479 g/mol. The average Bonchev–Trinajstić information content (AvgIpc) is 3.15. The maximum absolute atomic E-state index is 15.9. The first-order valence-corrected chi connectivity index (χ1v) is 11.7. The van der Waals surface area contributed by atoms with Gasteiger partial charge in [-0.15, -0.1) is 0 Å². The van der Waals surface area contributed by atoms with Crippen LogP contribution in [0.2, 0.25) is 5.02 Å². The summed E-state index contributed by atoms with van der Waals surface area (Å²) in [7, 11) is 1.88. The molecule has 3 heterocycles. The van der Waals surface area contributed by atoms with E-state index in [9.17, 15) is 5.11 Å². The van der Waals surface area contributed by atoms with Gasteiger partial charge in [0.15, 0.2) is 5.82 Å². The molecule has 34 heavy (non-hydrogen) atoms. The lowest BCUT2D eigenvalue weighted by Crippen LogP contribution is -2.47. The molecule has 1 N–H and O–H groups in total. The number of imidazole rings is 1. The van der Waals surface area contributed by atoms with Crippen molar-refractivity contribution in [1.29, 1.82) is 0 Å². The van der Waals surface area contributed by atoms with Crippen molar-refractivity contribution in [1.82, 2.24) is 14.5 Å². The first kappa shape index (κ1) is 22.6. The minimum absolute atomic E-state index is 0.326. The highest BCUT2D eigenvalue weighted by atomic mass is 35.5. The fraction of sp³-hybridized carbons (Fsp3) is 0.308. The minimum Gasteiger partial charge on any atom is -0.384 e. The van der Waals surface area contributed by atoms with Crippen LogP contribution in [-0.2, 0) is 12.6 Å². The molecule has 0 amide bonds. The lowest BCUT2D eigenvalue weighted by molar-refractivity contribution is 0.0739. The fourth-order valence-corrected chi connectivity index (χ4v) is 4.73. The molecule has 0 atom stereocenters. The fourth-order valence-electron chi connectivity index (χ4n) is 4.50.